The van der Waals surface area contributed by atoms with Gasteiger partial charge in [-0.15, -0.1) is 0 Å². The average molecular weight is 200 g/mol. The van der Waals surface area contributed by atoms with E-state index < -0.39 is 18.0 Å². The maximum Gasteiger partial charge on any atom is 0.309 e. The number of aliphatic hydroxyl groups is 1. The van der Waals surface area contributed by atoms with Crippen LogP contribution in [0.1, 0.15) is 45.4 Å². The van der Waals surface area contributed by atoms with Gasteiger partial charge in [0.1, 0.15) is 0 Å². The SMILES string of the molecule is CCCCC(C(=O)O)C(O)C1CCC1. The molecule has 2 atom stereocenters. The number of aliphatic carboxylic acids is 1. The summed E-state index contributed by atoms with van der Waals surface area (Å²) in [6.07, 6.45) is 5.01. The van der Waals surface area contributed by atoms with Crippen molar-refractivity contribution in [2.75, 3.05) is 0 Å². The van der Waals surface area contributed by atoms with Gasteiger partial charge in [-0.25, -0.2) is 0 Å². The third kappa shape index (κ3) is 2.71. The Hall–Kier alpha value is -0.570. The summed E-state index contributed by atoms with van der Waals surface area (Å²) in [5, 5.41) is 18.8. The van der Waals surface area contributed by atoms with Crippen LogP contribution in [0.2, 0.25) is 0 Å². The molecule has 0 bridgehead atoms. The van der Waals surface area contributed by atoms with Crippen LogP contribution in [-0.2, 0) is 4.79 Å². The quantitative estimate of drug-likeness (QED) is 0.689. The van der Waals surface area contributed by atoms with Gasteiger partial charge in [-0.3, -0.25) is 4.79 Å². The van der Waals surface area contributed by atoms with Crippen LogP contribution < -0.4 is 0 Å². The van der Waals surface area contributed by atoms with Crippen LogP contribution in [0.15, 0.2) is 0 Å². The monoisotopic (exact) mass is 200 g/mol. The molecule has 0 amide bonds. The first-order valence-corrected chi connectivity index (χ1v) is 5.57. The molecule has 82 valence electrons. The summed E-state index contributed by atoms with van der Waals surface area (Å²) in [6, 6.07) is 0. The van der Waals surface area contributed by atoms with Crippen LogP contribution in [0, 0.1) is 11.8 Å². The smallest absolute Gasteiger partial charge is 0.309 e. The molecule has 0 aromatic rings. The van der Waals surface area contributed by atoms with Crippen molar-refractivity contribution in [1.82, 2.24) is 0 Å². The number of rotatable bonds is 6. The normalized spacial score (nSPS) is 21.3. The molecule has 1 aliphatic rings. The second-order valence-electron chi connectivity index (χ2n) is 4.27. The lowest BCUT2D eigenvalue weighted by atomic mass is 9.75. The molecule has 1 saturated carbocycles. The van der Waals surface area contributed by atoms with Crippen LogP contribution in [-0.4, -0.2) is 22.3 Å². The van der Waals surface area contributed by atoms with E-state index in [0.717, 1.165) is 32.1 Å². The molecule has 0 aromatic heterocycles. The molecule has 1 fully saturated rings. The Labute approximate surface area is 85.1 Å². The highest BCUT2D eigenvalue weighted by Gasteiger charge is 2.35. The van der Waals surface area contributed by atoms with Crippen molar-refractivity contribution in [1.29, 1.82) is 0 Å². The minimum absolute atomic E-state index is 0.243. The van der Waals surface area contributed by atoms with Gasteiger partial charge in [0.2, 0.25) is 0 Å². The van der Waals surface area contributed by atoms with Gasteiger partial charge in [-0.05, 0) is 25.2 Å². The minimum atomic E-state index is -0.835. The Kier molecular flexibility index (Phi) is 4.39. The van der Waals surface area contributed by atoms with E-state index in [4.69, 9.17) is 5.11 Å². The van der Waals surface area contributed by atoms with Crippen LogP contribution in [0.4, 0.5) is 0 Å². The first-order chi connectivity index (χ1) is 6.66. The molecule has 0 radical (unpaired) electrons. The third-order valence-corrected chi connectivity index (χ3v) is 3.23. The van der Waals surface area contributed by atoms with Crippen molar-refractivity contribution < 1.29 is 15.0 Å². The highest BCUT2D eigenvalue weighted by molar-refractivity contribution is 5.70. The highest BCUT2D eigenvalue weighted by atomic mass is 16.4. The highest BCUT2D eigenvalue weighted by Crippen LogP contribution is 2.34. The van der Waals surface area contributed by atoms with Gasteiger partial charge in [0, 0.05) is 0 Å². The van der Waals surface area contributed by atoms with Crippen LogP contribution in [0.5, 0.6) is 0 Å². The van der Waals surface area contributed by atoms with Crippen LogP contribution >= 0.6 is 0 Å². The fourth-order valence-corrected chi connectivity index (χ4v) is 1.97. The minimum Gasteiger partial charge on any atom is -0.481 e. The average Bonchev–Trinajstić information content (AvgIpc) is 2.01. The van der Waals surface area contributed by atoms with E-state index in [0.29, 0.717) is 6.42 Å². The third-order valence-electron chi connectivity index (χ3n) is 3.23. The Morgan fingerprint density at radius 3 is 2.50 bits per heavy atom. The van der Waals surface area contributed by atoms with E-state index in [2.05, 4.69) is 0 Å². The topological polar surface area (TPSA) is 57.5 Å². The number of aliphatic hydroxyl groups excluding tert-OH is 1. The van der Waals surface area contributed by atoms with E-state index in [1.165, 1.54) is 0 Å². The summed E-state index contributed by atoms with van der Waals surface area (Å²) < 4.78 is 0. The number of unbranched alkanes of at least 4 members (excludes halogenated alkanes) is 1. The zero-order chi connectivity index (χ0) is 10.6. The van der Waals surface area contributed by atoms with Gasteiger partial charge in [0.25, 0.3) is 0 Å². The lowest BCUT2D eigenvalue weighted by molar-refractivity contribution is -0.148. The second kappa shape index (κ2) is 5.35. The first-order valence-electron chi connectivity index (χ1n) is 5.57. The largest absolute Gasteiger partial charge is 0.481 e. The molecule has 2 unspecified atom stereocenters. The second-order valence-corrected chi connectivity index (χ2v) is 4.27. The summed E-state index contributed by atoms with van der Waals surface area (Å²) in [6.45, 7) is 2.04. The summed E-state index contributed by atoms with van der Waals surface area (Å²) in [5.74, 6) is -1.13. The van der Waals surface area contributed by atoms with Gasteiger partial charge in [0.05, 0.1) is 12.0 Å². The standard InChI is InChI=1S/C11H20O3/c1-2-3-7-9(11(13)14)10(12)8-5-4-6-8/h8-10,12H,2-7H2,1H3,(H,13,14). The molecular weight excluding hydrogens is 180 g/mol. The number of carboxylic acid groups (broad SMARTS) is 1. The molecular formula is C11H20O3. The molecule has 0 aliphatic heterocycles. The lowest BCUT2D eigenvalue weighted by Crippen LogP contribution is -2.37. The first kappa shape index (κ1) is 11.5. The maximum atomic E-state index is 10.9. The number of hydrogen-bond acceptors (Lipinski definition) is 2. The molecule has 1 aliphatic carbocycles. The summed E-state index contributed by atoms with van der Waals surface area (Å²) in [5.41, 5.74) is 0. The Balaban J connectivity index is 2.43. The number of hydrogen-bond donors (Lipinski definition) is 2. The lowest BCUT2D eigenvalue weighted by Gasteiger charge is -2.33. The Morgan fingerprint density at radius 1 is 1.50 bits per heavy atom. The van der Waals surface area contributed by atoms with E-state index in [-0.39, 0.29) is 5.92 Å². The maximum absolute atomic E-state index is 10.9. The molecule has 0 saturated heterocycles. The van der Waals surface area contributed by atoms with Crippen molar-refractivity contribution >= 4 is 5.97 Å². The summed E-state index contributed by atoms with van der Waals surface area (Å²) >= 11 is 0. The van der Waals surface area contributed by atoms with E-state index in [1.54, 1.807) is 0 Å². The molecule has 1 rings (SSSR count). The zero-order valence-corrected chi connectivity index (χ0v) is 8.78. The van der Waals surface area contributed by atoms with Crippen molar-refractivity contribution in [3.05, 3.63) is 0 Å². The fourth-order valence-electron chi connectivity index (χ4n) is 1.97. The van der Waals surface area contributed by atoms with Gasteiger partial charge in [0.15, 0.2) is 0 Å². The number of carbonyl (C=O) groups is 1. The van der Waals surface area contributed by atoms with E-state index in [1.807, 2.05) is 6.92 Å². The fraction of sp³-hybridized carbons (Fsp3) is 0.909. The predicted molar refractivity (Wildman–Crippen MR) is 54.0 cm³/mol. The van der Waals surface area contributed by atoms with Crippen LogP contribution in [0.25, 0.3) is 0 Å². The molecule has 0 spiro atoms. The predicted octanol–water partition coefficient (Wildman–Crippen LogP) is 2.04. The van der Waals surface area contributed by atoms with Gasteiger partial charge in [-0.1, -0.05) is 26.2 Å². The Bertz CT molecular complexity index is 187. The molecule has 0 aromatic carbocycles. The van der Waals surface area contributed by atoms with Gasteiger partial charge >= 0.3 is 5.97 Å². The number of carboxylic acids is 1. The van der Waals surface area contributed by atoms with Crippen molar-refractivity contribution in [3.63, 3.8) is 0 Å². The van der Waals surface area contributed by atoms with E-state index in [9.17, 15) is 9.90 Å². The van der Waals surface area contributed by atoms with Gasteiger partial charge in [-0.2, -0.15) is 0 Å². The van der Waals surface area contributed by atoms with Gasteiger partial charge < -0.3 is 10.2 Å². The molecule has 2 N–H and O–H groups in total. The van der Waals surface area contributed by atoms with Crippen LogP contribution in [0.3, 0.4) is 0 Å². The van der Waals surface area contributed by atoms with Crippen molar-refractivity contribution in [2.45, 2.75) is 51.6 Å². The zero-order valence-electron chi connectivity index (χ0n) is 8.78. The molecule has 14 heavy (non-hydrogen) atoms. The molecule has 3 nitrogen and oxygen atoms in total. The summed E-state index contributed by atoms with van der Waals surface area (Å²) in [7, 11) is 0. The Morgan fingerprint density at radius 2 is 2.14 bits per heavy atom. The van der Waals surface area contributed by atoms with E-state index >= 15 is 0 Å². The molecule has 3 heteroatoms. The van der Waals surface area contributed by atoms with Crippen molar-refractivity contribution in [3.8, 4) is 0 Å². The molecule has 0 heterocycles. The summed E-state index contributed by atoms with van der Waals surface area (Å²) in [4.78, 5) is 10.9. The van der Waals surface area contributed by atoms with Crippen molar-refractivity contribution in [2.24, 2.45) is 11.8 Å².